The van der Waals surface area contributed by atoms with Gasteiger partial charge in [-0.15, -0.1) is 0 Å². The molecule has 1 atom stereocenters. The number of nitrogens with zero attached hydrogens (tertiary/aromatic N) is 1. The minimum atomic E-state index is -1.26. The first-order valence-electron chi connectivity index (χ1n) is 11.1. The molecule has 7 heteroatoms. The summed E-state index contributed by atoms with van der Waals surface area (Å²) in [5, 5.41) is 15.6. The molecular weight excluding hydrogens is 446 g/mol. The average molecular weight is 478 g/mol. The van der Waals surface area contributed by atoms with Crippen molar-refractivity contribution in [3.8, 4) is 11.5 Å². The van der Waals surface area contributed by atoms with E-state index in [9.17, 15) is 9.59 Å². The number of benzene rings is 3. The van der Waals surface area contributed by atoms with E-state index in [1.165, 1.54) is 5.56 Å². The third-order valence-corrected chi connectivity index (χ3v) is 4.75. The Morgan fingerprint density at radius 3 is 1.77 bits per heavy atom. The van der Waals surface area contributed by atoms with Gasteiger partial charge in [-0.3, -0.25) is 0 Å². The second kappa shape index (κ2) is 14.9. The molecule has 0 aliphatic heterocycles. The standard InChI is InChI=1S/C24H27NO2.C4H4O4/c1-25(2)17-22(21-13-7-4-8-14-21)19-27-24-16-10-9-15-23(24)26-18-20-11-5-3-6-12-20;5-3(6)1-2-4(7)8/h3-16,22H,17-19H2,1-2H3;1-2H,(H,5,6)(H,7,8)/b;2-1-. The van der Waals surface area contributed by atoms with Crippen LogP contribution in [0.1, 0.15) is 17.0 Å². The summed E-state index contributed by atoms with van der Waals surface area (Å²) in [6, 6.07) is 28.6. The SMILES string of the molecule is CN(C)CC(COc1ccccc1OCc1ccccc1)c1ccccc1.O=C(O)/C=C\C(=O)O. The number of likely N-dealkylation sites (N-methyl/N-ethyl adjacent to an activating group) is 1. The molecule has 3 aromatic carbocycles. The monoisotopic (exact) mass is 477 g/mol. The molecule has 0 saturated heterocycles. The van der Waals surface area contributed by atoms with E-state index >= 15 is 0 Å². The van der Waals surface area contributed by atoms with Crippen LogP contribution in [-0.4, -0.2) is 54.3 Å². The topological polar surface area (TPSA) is 96.3 Å². The molecule has 35 heavy (non-hydrogen) atoms. The molecule has 0 aromatic heterocycles. The summed E-state index contributed by atoms with van der Waals surface area (Å²) in [5.41, 5.74) is 2.43. The quantitative estimate of drug-likeness (QED) is 0.386. The van der Waals surface area contributed by atoms with Gasteiger partial charge >= 0.3 is 11.9 Å². The predicted octanol–water partition coefficient (Wildman–Crippen LogP) is 4.70. The van der Waals surface area contributed by atoms with Gasteiger partial charge in [-0.2, -0.15) is 0 Å². The van der Waals surface area contributed by atoms with Crippen molar-refractivity contribution in [2.45, 2.75) is 12.5 Å². The van der Waals surface area contributed by atoms with E-state index in [1.54, 1.807) is 0 Å². The van der Waals surface area contributed by atoms with Crippen molar-refractivity contribution in [3.63, 3.8) is 0 Å². The van der Waals surface area contributed by atoms with Gasteiger partial charge < -0.3 is 24.6 Å². The summed E-state index contributed by atoms with van der Waals surface area (Å²) >= 11 is 0. The van der Waals surface area contributed by atoms with Gasteiger partial charge in [-0.25, -0.2) is 9.59 Å². The Balaban J connectivity index is 0.000000466. The zero-order chi connectivity index (χ0) is 25.5. The summed E-state index contributed by atoms with van der Waals surface area (Å²) in [7, 11) is 4.18. The van der Waals surface area contributed by atoms with Crippen LogP contribution in [-0.2, 0) is 16.2 Å². The molecule has 0 fully saturated rings. The zero-order valence-corrected chi connectivity index (χ0v) is 19.9. The van der Waals surface area contributed by atoms with Gasteiger partial charge in [0.1, 0.15) is 6.61 Å². The molecule has 3 rings (SSSR count). The summed E-state index contributed by atoms with van der Waals surface area (Å²) in [6.07, 6.45) is 1.12. The van der Waals surface area contributed by atoms with Crippen molar-refractivity contribution >= 4 is 11.9 Å². The highest BCUT2D eigenvalue weighted by Crippen LogP contribution is 2.29. The minimum absolute atomic E-state index is 0.295. The molecule has 3 aromatic rings. The van der Waals surface area contributed by atoms with E-state index in [2.05, 4.69) is 55.4 Å². The lowest BCUT2D eigenvalue weighted by atomic mass is 10.00. The Kier molecular flexibility index (Phi) is 11.6. The molecule has 0 spiro atoms. The van der Waals surface area contributed by atoms with Crippen molar-refractivity contribution in [2.24, 2.45) is 0 Å². The van der Waals surface area contributed by atoms with Gasteiger partial charge in [0, 0.05) is 24.6 Å². The van der Waals surface area contributed by atoms with Crippen LogP contribution in [0.25, 0.3) is 0 Å². The zero-order valence-electron chi connectivity index (χ0n) is 19.9. The first-order valence-corrected chi connectivity index (χ1v) is 11.1. The molecule has 0 amide bonds. The Bertz CT molecular complexity index is 1050. The number of carboxylic acids is 2. The van der Waals surface area contributed by atoms with Gasteiger partial charge in [0.15, 0.2) is 11.5 Å². The molecular formula is C28H31NO6. The van der Waals surface area contributed by atoms with Crippen LogP contribution in [0.4, 0.5) is 0 Å². The van der Waals surface area contributed by atoms with Crippen molar-refractivity contribution < 1.29 is 29.3 Å². The van der Waals surface area contributed by atoms with Crippen molar-refractivity contribution in [1.29, 1.82) is 0 Å². The highest BCUT2D eigenvalue weighted by molar-refractivity contribution is 5.89. The summed E-state index contributed by atoms with van der Waals surface area (Å²) in [6.45, 7) is 2.06. The van der Waals surface area contributed by atoms with E-state index in [1.807, 2.05) is 48.5 Å². The Hall–Kier alpha value is -4.10. The largest absolute Gasteiger partial charge is 0.489 e. The Morgan fingerprint density at radius 2 is 1.26 bits per heavy atom. The lowest BCUT2D eigenvalue weighted by molar-refractivity contribution is -0.134. The van der Waals surface area contributed by atoms with E-state index in [4.69, 9.17) is 19.7 Å². The van der Waals surface area contributed by atoms with Crippen LogP contribution in [0.5, 0.6) is 11.5 Å². The summed E-state index contributed by atoms with van der Waals surface area (Å²) in [4.78, 5) is 21.3. The van der Waals surface area contributed by atoms with E-state index in [0.29, 0.717) is 31.3 Å². The van der Waals surface area contributed by atoms with Crippen molar-refractivity contribution in [2.75, 3.05) is 27.2 Å². The maximum absolute atomic E-state index is 9.55. The van der Waals surface area contributed by atoms with E-state index < -0.39 is 11.9 Å². The van der Waals surface area contributed by atoms with E-state index in [-0.39, 0.29) is 0 Å². The maximum Gasteiger partial charge on any atom is 0.328 e. The van der Waals surface area contributed by atoms with E-state index in [0.717, 1.165) is 23.6 Å². The third kappa shape index (κ3) is 11.0. The van der Waals surface area contributed by atoms with Crippen LogP contribution in [0, 0.1) is 0 Å². The molecule has 2 N–H and O–H groups in total. The fraction of sp³-hybridized carbons (Fsp3) is 0.214. The lowest BCUT2D eigenvalue weighted by Gasteiger charge is -2.22. The summed E-state index contributed by atoms with van der Waals surface area (Å²) in [5.74, 6) is -0.658. The fourth-order valence-electron chi connectivity index (χ4n) is 3.18. The molecule has 1 unspecified atom stereocenters. The second-order valence-corrected chi connectivity index (χ2v) is 7.91. The predicted molar refractivity (Wildman–Crippen MR) is 135 cm³/mol. The molecule has 0 bridgehead atoms. The number of rotatable bonds is 11. The first kappa shape index (κ1) is 27.1. The highest BCUT2D eigenvalue weighted by atomic mass is 16.5. The smallest absolute Gasteiger partial charge is 0.328 e. The van der Waals surface area contributed by atoms with Crippen molar-refractivity contribution in [3.05, 3.63) is 108 Å². The molecule has 0 saturated carbocycles. The van der Waals surface area contributed by atoms with Gasteiger partial charge in [0.25, 0.3) is 0 Å². The normalized spacial score (nSPS) is 11.4. The number of carbonyl (C=O) groups is 2. The van der Waals surface area contributed by atoms with Gasteiger partial charge in [0.05, 0.1) is 6.61 Å². The van der Waals surface area contributed by atoms with Crippen LogP contribution in [0.2, 0.25) is 0 Å². The number of carboxylic acid groups (broad SMARTS) is 2. The molecule has 0 heterocycles. The van der Waals surface area contributed by atoms with Gasteiger partial charge in [-0.1, -0.05) is 72.8 Å². The number of aliphatic carboxylic acids is 2. The second-order valence-electron chi connectivity index (χ2n) is 7.91. The first-order chi connectivity index (χ1) is 16.8. The maximum atomic E-state index is 9.55. The van der Waals surface area contributed by atoms with Crippen molar-refractivity contribution in [1.82, 2.24) is 4.90 Å². The van der Waals surface area contributed by atoms with Crippen LogP contribution in [0.3, 0.4) is 0 Å². The highest BCUT2D eigenvalue weighted by Gasteiger charge is 2.15. The Labute approximate surface area is 205 Å². The molecule has 0 aliphatic carbocycles. The number of para-hydroxylation sites is 2. The third-order valence-electron chi connectivity index (χ3n) is 4.75. The minimum Gasteiger partial charge on any atom is -0.489 e. The number of hydrogen-bond acceptors (Lipinski definition) is 5. The molecule has 184 valence electrons. The number of hydrogen-bond donors (Lipinski definition) is 2. The van der Waals surface area contributed by atoms with Crippen LogP contribution >= 0.6 is 0 Å². The lowest BCUT2D eigenvalue weighted by Crippen LogP contribution is -2.24. The molecule has 0 aliphatic rings. The van der Waals surface area contributed by atoms with Crippen LogP contribution < -0.4 is 9.47 Å². The number of ether oxygens (including phenoxy) is 2. The molecule has 0 radical (unpaired) electrons. The Morgan fingerprint density at radius 1 is 0.771 bits per heavy atom. The van der Waals surface area contributed by atoms with Gasteiger partial charge in [-0.05, 0) is 37.4 Å². The van der Waals surface area contributed by atoms with Gasteiger partial charge in [0.2, 0.25) is 0 Å². The average Bonchev–Trinajstić information content (AvgIpc) is 2.86. The van der Waals surface area contributed by atoms with Crippen LogP contribution in [0.15, 0.2) is 97.1 Å². The molecule has 7 nitrogen and oxygen atoms in total. The summed E-state index contributed by atoms with van der Waals surface area (Å²) < 4.78 is 12.2. The fourth-order valence-corrected chi connectivity index (χ4v) is 3.18.